The Morgan fingerprint density at radius 1 is 1.34 bits per heavy atom. The van der Waals surface area contributed by atoms with Crippen LogP contribution in [-0.2, 0) is 14.3 Å². The predicted octanol–water partition coefficient (Wildman–Crippen LogP) is -2.81. The average molecular weight is 467 g/mol. The van der Waals surface area contributed by atoms with Crippen LogP contribution in [0.15, 0.2) is 11.8 Å². The molecule has 186 valence electrons. The second-order valence-corrected chi connectivity index (χ2v) is 8.18. The number of alkyl halides is 2. The van der Waals surface area contributed by atoms with Crippen molar-refractivity contribution in [2.45, 2.75) is 74.3 Å². The van der Waals surface area contributed by atoms with Crippen LogP contribution in [0.3, 0.4) is 0 Å². The summed E-state index contributed by atoms with van der Waals surface area (Å²) in [6, 6.07) is -1.65. The normalized spacial score (nSPS) is 32.1. The predicted molar refractivity (Wildman–Crippen MR) is 112 cm³/mol. The first-order valence-electron chi connectivity index (χ1n) is 10.8. The molecular formula is C19H36F2N6O5. The van der Waals surface area contributed by atoms with Gasteiger partial charge in [0.1, 0.15) is 11.9 Å². The second kappa shape index (κ2) is 12.1. The van der Waals surface area contributed by atoms with Crippen LogP contribution < -0.4 is 33.6 Å². The molecule has 0 bridgehead atoms. The number of ether oxygens (including phenoxy) is 2. The molecule has 13 heteroatoms. The first-order valence-corrected chi connectivity index (χ1v) is 10.8. The highest BCUT2D eigenvalue weighted by Crippen LogP contribution is 2.27. The zero-order valence-electron chi connectivity index (χ0n) is 18.0. The SMILES string of the molecule is NCCCN[C@@H]1CC=C(CN)O[C@@H]1OC1[C@H](O)C[C@H](NC(=O)C(O)C(F)(F)CN)C[C@@H]1N. The van der Waals surface area contributed by atoms with Crippen LogP contribution in [0.1, 0.15) is 25.7 Å². The van der Waals surface area contributed by atoms with Crippen molar-refractivity contribution >= 4 is 5.91 Å². The number of hydrogen-bond donors (Lipinski definition) is 8. The van der Waals surface area contributed by atoms with Gasteiger partial charge in [0.15, 0.2) is 6.10 Å². The van der Waals surface area contributed by atoms with Crippen LogP contribution in [-0.4, -0.2) is 90.9 Å². The van der Waals surface area contributed by atoms with Gasteiger partial charge in [-0.3, -0.25) is 4.79 Å². The van der Waals surface area contributed by atoms with Gasteiger partial charge < -0.3 is 53.3 Å². The Morgan fingerprint density at radius 2 is 2.06 bits per heavy atom. The Bertz CT molecular complexity index is 631. The largest absolute Gasteiger partial charge is 0.467 e. The minimum absolute atomic E-state index is 0.00258. The molecule has 1 amide bonds. The minimum atomic E-state index is -3.76. The molecule has 32 heavy (non-hydrogen) atoms. The molecule has 12 N–H and O–H groups in total. The van der Waals surface area contributed by atoms with Gasteiger partial charge in [0, 0.05) is 12.1 Å². The summed E-state index contributed by atoms with van der Waals surface area (Å²) in [5.74, 6) is -4.48. The lowest BCUT2D eigenvalue weighted by Gasteiger charge is -2.42. The van der Waals surface area contributed by atoms with E-state index in [2.05, 4.69) is 10.6 Å². The molecule has 1 aliphatic heterocycles. The number of aliphatic hydroxyl groups excluding tert-OH is 2. The van der Waals surface area contributed by atoms with Crippen molar-refractivity contribution < 1.29 is 33.3 Å². The molecular weight excluding hydrogens is 430 g/mol. The molecule has 2 unspecified atom stereocenters. The van der Waals surface area contributed by atoms with Gasteiger partial charge in [0.05, 0.1) is 25.2 Å². The van der Waals surface area contributed by atoms with E-state index in [0.717, 1.165) is 6.42 Å². The molecule has 0 spiro atoms. The maximum atomic E-state index is 13.5. The smallest absolute Gasteiger partial charge is 0.294 e. The van der Waals surface area contributed by atoms with Crippen LogP contribution in [0, 0.1) is 0 Å². The molecule has 1 saturated carbocycles. The number of aliphatic hydroxyl groups is 2. The first kappa shape index (κ1) is 26.8. The molecule has 11 nitrogen and oxygen atoms in total. The van der Waals surface area contributed by atoms with Crippen molar-refractivity contribution in [3.8, 4) is 0 Å². The summed E-state index contributed by atoms with van der Waals surface area (Å²) in [5, 5.41) is 25.7. The van der Waals surface area contributed by atoms with Crippen LogP contribution in [0.5, 0.6) is 0 Å². The number of halogens is 2. The quantitative estimate of drug-likeness (QED) is 0.147. The topological polar surface area (TPSA) is 204 Å². The fourth-order valence-corrected chi connectivity index (χ4v) is 3.79. The van der Waals surface area contributed by atoms with Gasteiger partial charge in [-0.1, -0.05) is 0 Å². The van der Waals surface area contributed by atoms with Gasteiger partial charge in [0.2, 0.25) is 6.29 Å². The van der Waals surface area contributed by atoms with E-state index < -0.39 is 55.1 Å². The number of nitrogens with one attached hydrogen (secondary N) is 2. The van der Waals surface area contributed by atoms with Crippen molar-refractivity contribution in [3.05, 3.63) is 11.8 Å². The number of nitrogens with two attached hydrogens (primary N) is 4. The lowest BCUT2D eigenvalue weighted by Crippen LogP contribution is -2.60. The van der Waals surface area contributed by atoms with Gasteiger partial charge >= 0.3 is 0 Å². The van der Waals surface area contributed by atoms with E-state index in [1.165, 1.54) is 0 Å². The standard InChI is InChI=1S/C19H36F2N6O5/c20-19(21,9-24)16(29)17(30)27-10-6-12(25)15(14(28)7-10)32-18-13(26-5-1-4-22)3-2-11(8-23)31-18/h2,10,12-16,18,26,28-29H,1,3-9,22-25H2,(H,27,30)/t10-,12+,13-,14-,15?,16?,18-/m1/s1. The van der Waals surface area contributed by atoms with Crippen molar-refractivity contribution in [3.63, 3.8) is 0 Å². The van der Waals surface area contributed by atoms with Crippen molar-refractivity contribution in [1.29, 1.82) is 0 Å². The molecule has 2 aliphatic rings. The first-order chi connectivity index (χ1) is 15.1. The van der Waals surface area contributed by atoms with E-state index in [0.29, 0.717) is 25.3 Å². The Balaban J connectivity index is 1.97. The number of carbonyl (C=O) groups excluding carboxylic acids is 1. The summed E-state index contributed by atoms with van der Waals surface area (Å²) < 4.78 is 38.8. The third-order valence-electron chi connectivity index (χ3n) is 5.63. The summed E-state index contributed by atoms with van der Waals surface area (Å²) >= 11 is 0. The molecule has 1 heterocycles. The molecule has 0 saturated heterocycles. The maximum absolute atomic E-state index is 13.5. The Morgan fingerprint density at radius 3 is 2.66 bits per heavy atom. The molecule has 1 aliphatic carbocycles. The lowest BCUT2D eigenvalue weighted by atomic mass is 9.86. The Labute approximate surface area is 185 Å². The highest BCUT2D eigenvalue weighted by atomic mass is 19.3. The monoisotopic (exact) mass is 466 g/mol. The van der Waals surface area contributed by atoms with Crippen LogP contribution in [0.25, 0.3) is 0 Å². The molecule has 1 fully saturated rings. The van der Waals surface area contributed by atoms with E-state index in [4.69, 9.17) is 32.4 Å². The number of amides is 1. The third-order valence-corrected chi connectivity index (χ3v) is 5.63. The summed E-state index contributed by atoms with van der Waals surface area (Å²) in [5.41, 5.74) is 22.3. The Kier molecular flexibility index (Phi) is 10.2. The molecule has 0 aromatic rings. The number of hydrogen-bond acceptors (Lipinski definition) is 10. The zero-order valence-corrected chi connectivity index (χ0v) is 18.0. The van der Waals surface area contributed by atoms with Gasteiger partial charge in [0.25, 0.3) is 11.8 Å². The van der Waals surface area contributed by atoms with Gasteiger partial charge in [-0.05, 0) is 44.8 Å². The zero-order chi connectivity index (χ0) is 23.9. The lowest BCUT2D eigenvalue weighted by molar-refractivity contribution is -0.205. The van der Waals surface area contributed by atoms with Gasteiger partial charge in [-0.25, -0.2) is 8.78 Å². The average Bonchev–Trinajstić information content (AvgIpc) is 2.76. The van der Waals surface area contributed by atoms with Crippen molar-refractivity contribution in [2.75, 3.05) is 26.2 Å². The fraction of sp³-hybridized carbons (Fsp3) is 0.842. The molecule has 7 atom stereocenters. The van der Waals surface area contributed by atoms with Gasteiger partial charge in [-0.15, -0.1) is 0 Å². The molecule has 0 radical (unpaired) electrons. The number of rotatable bonds is 11. The van der Waals surface area contributed by atoms with Crippen molar-refractivity contribution in [2.24, 2.45) is 22.9 Å². The highest BCUT2D eigenvalue weighted by molar-refractivity contribution is 5.82. The summed E-state index contributed by atoms with van der Waals surface area (Å²) in [4.78, 5) is 12.0. The van der Waals surface area contributed by atoms with Crippen LogP contribution >= 0.6 is 0 Å². The van der Waals surface area contributed by atoms with Crippen molar-refractivity contribution in [1.82, 2.24) is 10.6 Å². The van der Waals surface area contributed by atoms with E-state index in [1.807, 2.05) is 6.08 Å². The maximum Gasteiger partial charge on any atom is 0.294 e. The van der Waals surface area contributed by atoms with Gasteiger partial charge in [-0.2, -0.15) is 0 Å². The summed E-state index contributed by atoms with van der Waals surface area (Å²) in [7, 11) is 0. The molecule has 2 rings (SSSR count). The summed E-state index contributed by atoms with van der Waals surface area (Å²) in [6.45, 7) is 0.199. The Hall–Kier alpha value is -1.45. The van der Waals surface area contributed by atoms with Crippen LogP contribution in [0.4, 0.5) is 8.78 Å². The molecule has 0 aromatic heterocycles. The van der Waals surface area contributed by atoms with E-state index >= 15 is 0 Å². The van der Waals surface area contributed by atoms with E-state index in [9.17, 15) is 23.8 Å². The van der Waals surface area contributed by atoms with E-state index in [1.54, 1.807) is 0 Å². The number of carbonyl (C=O) groups is 1. The van der Waals surface area contributed by atoms with E-state index in [-0.39, 0.29) is 25.4 Å². The van der Waals surface area contributed by atoms with Crippen LogP contribution in [0.2, 0.25) is 0 Å². The molecule has 0 aromatic carbocycles. The third kappa shape index (κ3) is 7.02. The second-order valence-electron chi connectivity index (χ2n) is 8.18. The highest BCUT2D eigenvalue weighted by Gasteiger charge is 2.45. The summed E-state index contributed by atoms with van der Waals surface area (Å²) in [6.07, 6.45) is -1.88. The minimum Gasteiger partial charge on any atom is -0.467 e. The fourth-order valence-electron chi connectivity index (χ4n) is 3.79.